The van der Waals surface area contributed by atoms with Crippen molar-refractivity contribution in [2.75, 3.05) is 19.0 Å². The van der Waals surface area contributed by atoms with Gasteiger partial charge in [-0.3, -0.25) is 10.1 Å². The molecule has 0 saturated carbocycles. The molecule has 0 fully saturated rings. The van der Waals surface area contributed by atoms with Crippen molar-refractivity contribution in [3.63, 3.8) is 0 Å². The number of nitrogens with zero attached hydrogens (tertiary/aromatic N) is 1. The van der Waals surface area contributed by atoms with Gasteiger partial charge < -0.3 is 9.47 Å². The molecule has 5 nitrogen and oxygen atoms in total. The van der Waals surface area contributed by atoms with E-state index >= 15 is 0 Å². The first kappa shape index (κ1) is 17.9. The molecule has 1 N–H and O–H groups in total. The van der Waals surface area contributed by atoms with Crippen LogP contribution in [-0.2, 0) is 11.2 Å². The Morgan fingerprint density at radius 2 is 1.81 bits per heavy atom. The monoisotopic (exact) mass is 372 g/mol. The van der Waals surface area contributed by atoms with Gasteiger partial charge in [0, 0.05) is 17.5 Å². The van der Waals surface area contributed by atoms with Crippen molar-refractivity contribution in [2.24, 2.45) is 0 Å². The second kappa shape index (κ2) is 8.44. The maximum absolute atomic E-state index is 12.9. The fourth-order valence-electron chi connectivity index (χ4n) is 2.23. The van der Waals surface area contributed by atoms with E-state index in [1.807, 2.05) is 0 Å². The average Bonchev–Trinajstić information content (AvgIpc) is 3.09. The Labute approximate surface area is 154 Å². The second-order valence-electron chi connectivity index (χ2n) is 5.45. The third kappa shape index (κ3) is 5.03. The van der Waals surface area contributed by atoms with E-state index in [-0.39, 0.29) is 18.3 Å². The Kier molecular flexibility index (Phi) is 5.80. The van der Waals surface area contributed by atoms with Crippen LogP contribution in [0.3, 0.4) is 0 Å². The summed E-state index contributed by atoms with van der Waals surface area (Å²) in [6.45, 7) is -0.112. The number of carbonyl (C=O) groups excluding carboxylic acids is 1. The van der Waals surface area contributed by atoms with Gasteiger partial charge in [0.1, 0.15) is 17.3 Å². The van der Waals surface area contributed by atoms with E-state index in [0.717, 1.165) is 16.2 Å². The van der Waals surface area contributed by atoms with Crippen molar-refractivity contribution >= 4 is 22.4 Å². The second-order valence-corrected chi connectivity index (χ2v) is 6.56. The van der Waals surface area contributed by atoms with Gasteiger partial charge in [-0.2, -0.15) is 0 Å². The van der Waals surface area contributed by atoms with E-state index in [1.54, 1.807) is 49.7 Å². The zero-order chi connectivity index (χ0) is 18.4. The molecule has 1 aromatic heterocycles. The number of thiazole rings is 1. The summed E-state index contributed by atoms with van der Waals surface area (Å²) < 4.78 is 23.4. The van der Waals surface area contributed by atoms with Crippen molar-refractivity contribution in [3.8, 4) is 11.5 Å². The summed E-state index contributed by atoms with van der Waals surface area (Å²) in [6.07, 6.45) is 2.34. The molecule has 2 aromatic carbocycles. The summed E-state index contributed by atoms with van der Waals surface area (Å²) in [7, 11) is 1.58. The molecular formula is C19H17FN2O3S. The van der Waals surface area contributed by atoms with Crippen molar-refractivity contribution in [1.82, 2.24) is 4.98 Å². The normalized spacial score (nSPS) is 10.4. The summed E-state index contributed by atoms with van der Waals surface area (Å²) in [5.74, 6) is 0.752. The lowest BCUT2D eigenvalue weighted by molar-refractivity contribution is -0.118. The molecule has 7 heteroatoms. The first-order valence-corrected chi connectivity index (χ1v) is 8.70. The molecule has 134 valence electrons. The van der Waals surface area contributed by atoms with Crippen molar-refractivity contribution in [3.05, 3.63) is 71.0 Å². The quantitative estimate of drug-likeness (QED) is 0.683. The number of anilines is 1. The van der Waals surface area contributed by atoms with Crippen LogP contribution < -0.4 is 14.8 Å². The van der Waals surface area contributed by atoms with Gasteiger partial charge in [-0.05, 0) is 42.0 Å². The number of carbonyl (C=O) groups is 1. The number of benzene rings is 2. The van der Waals surface area contributed by atoms with Gasteiger partial charge in [0.25, 0.3) is 5.91 Å². The van der Waals surface area contributed by atoms with E-state index in [4.69, 9.17) is 9.47 Å². The molecule has 0 unspecified atom stereocenters. The standard InChI is InChI=1S/C19H17FN2O3S/c1-24-15-6-8-16(9-7-15)25-12-18(23)22-19-21-11-17(26-19)10-13-2-4-14(20)5-3-13/h2-9,11H,10,12H2,1H3,(H,21,22,23). The lowest BCUT2D eigenvalue weighted by Crippen LogP contribution is -2.19. The lowest BCUT2D eigenvalue weighted by Gasteiger charge is -2.06. The molecule has 3 rings (SSSR count). The van der Waals surface area contributed by atoms with E-state index in [1.165, 1.54) is 23.5 Å². The van der Waals surface area contributed by atoms with Gasteiger partial charge in [-0.15, -0.1) is 11.3 Å². The van der Waals surface area contributed by atoms with Gasteiger partial charge in [0.2, 0.25) is 0 Å². The van der Waals surface area contributed by atoms with E-state index in [2.05, 4.69) is 10.3 Å². The van der Waals surface area contributed by atoms with Crippen LogP contribution in [0.1, 0.15) is 10.4 Å². The lowest BCUT2D eigenvalue weighted by atomic mass is 10.1. The van der Waals surface area contributed by atoms with E-state index in [9.17, 15) is 9.18 Å². The Morgan fingerprint density at radius 1 is 1.12 bits per heavy atom. The fourth-order valence-corrected chi connectivity index (χ4v) is 3.09. The molecule has 0 aliphatic carbocycles. The SMILES string of the molecule is COc1ccc(OCC(=O)Nc2ncc(Cc3ccc(F)cc3)s2)cc1. The number of halogens is 1. The summed E-state index contributed by atoms with van der Waals surface area (Å²) >= 11 is 1.38. The van der Waals surface area contributed by atoms with Gasteiger partial charge in [0.15, 0.2) is 11.7 Å². The molecule has 26 heavy (non-hydrogen) atoms. The van der Waals surface area contributed by atoms with E-state index in [0.29, 0.717) is 17.3 Å². The summed E-state index contributed by atoms with van der Waals surface area (Å²) in [5.41, 5.74) is 0.982. The van der Waals surface area contributed by atoms with Crippen LogP contribution in [0.2, 0.25) is 0 Å². The maximum atomic E-state index is 12.9. The minimum absolute atomic E-state index is 0.112. The molecule has 1 heterocycles. The van der Waals surface area contributed by atoms with Crippen LogP contribution in [0.25, 0.3) is 0 Å². The number of amides is 1. The third-order valence-electron chi connectivity index (χ3n) is 3.52. The van der Waals surface area contributed by atoms with Gasteiger partial charge in [-0.25, -0.2) is 9.37 Å². The Balaban J connectivity index is 1.49. The van der Waals surface area contributed by atoms with Crippen LogP contribution in [0, 0.1) is 5.82 Å². The Hall–Kier alpha value is -2.93. The fraction of sp³-hybridized carbons (Fsp3) is 0.158. The van der Waals surface area contributed by atoms with Gasteiger partial charge in [0.05, 0.1) is 7.11 Å². The molecule has 1 amide bonds. The molecular weight excluding hydrogens is 355 g/mol. The largest absolute Gasteiger partial charge is 0.497 e. The van der Waals surface area contributed by atoms with Crippen LogP contribution in [-0.4, -0.2) is 24.6 Å². The Morgan fingerprint density at radius 3 is 2.50 bits per heavy atom. The average molecular weight is 372 g/mol. The smallest absolute Gasteiger partial charge is 0.264 e. The number of hydrogen-bond acceptors (Lipinski definition) is 5. The maximum Gasteiger partial charge on any atom is 0.264 e. The predicted octanol–water partition coefficient (Wildman–Crippen LogP) is 3.90. The number of hydrogen-bond donors (Lipinski definition) is 1. The zero-order valence-corrected chi connectivity index (χ0v) is 14.9. The minimum Gasteiger partial charge on any atom is -0.497 e. The highest BCUT2D eigenvalue weighted by Gasteiger charge is 2.08. The number of methoxy groups -OCH3 is 1. The number of nitrogens with one attached hydrogen (secondary N) is 1. The van der Waals surface area contributed by atoms with Crippen LogP contribution in [0.15, 0.2) is 54.7 Å². The third-order valence-corrected chi connectivity index (χ3v) is 4.43. The summed E-state index contributed by atoms with van der Waals surface area (Å²) in [5, 5.41) is 3.21. The molecule has 0 saturated heterocycles. The van der Waals surface area contributed by atoms with Crippen molar-refractivity contribution in [2.45, 2.75) is 6.42 Å². The summed E-state index contributed by atoms with van der Waals surface area (Å²) in [6, 6.07) is 13.3. The van der Waals surface area contributed by atoms with Gasteiger partial charge in [-0.1, -0.05) is 12.1 Å². The molecule has 0 spiro atoms. The van der Waals surface area contributed by atoms with Crippen LogP contribution in [0.4, 0.5) is 9.52 Å². The molecule has 0 radical (unpaired) electrons. The zero-order valence-electron chi connectivity index (χ0n) is 14.1. The molecule has 0 bridgehead atoms. The number of ether oxygens (including phenoxy) is 2. The highest BCUT2D eigenvalue weighted by molar-refractivity contribution is 7.15. The van der Waals surface area contributed by atoms with Crippen LogP contribution >= 0.6 is 11.3 Å². The van der Waals surface area contributed by atoms with Crippen molar-refractivity contribution in [1.29, 1.82) is 0 Å². The predicted molar refractivity (Wildman–Crippen MR) is 98.4 cm³/mol. The number of rotatable bonds is 7. The molecule has 0 atom stereocenters. The molecule has 3 aromatic rings. The first-order valence-electron chi connectivity index (χ1n) is 7.88. The topological polar surface area (TPSA) is 60.5 Å². The highest BCUT2D eigenvalue weighted by Crippen LogP contribution is 2.21. The minimum atomic E-state index is -0.288. The Bertz CT molecular complexity index is 863. The number of aromatic nitrogens is 1. The summed E-state index contributed by atoms with van der Waals surface area (Å²) in [4.78, 5) is 17.1. The van der Waals surface area contributed by atoms with Crippen molar-refractivity contribution < 1.29 is 18.7 Å². The first-order chi connectivity index (χ1) is 12.6. The highest BCUT2D eigenvalue weighted by atomic mass is 32.1. The molecule has 0 aliphatic rings. The molecule has 0 aliphatic heterocycles. The van der Waals surface area contributed by atoms with Crippen LogP contribution in [0.5, 0.6) is 11.5 Å². The van der Waals surface area contributed by atoms with Gasteiger partial charge >= 0.3 is 0 Å². The van der Waals surface area contributed by atoms with E-state index < -0.39 is 0 Å².